The van der Waals surface area contributed by atoms with Crippen molar-refractivity contribution in [1.29, 1.82) is 0 Å². The van der Waals surface area contributed by atoms with E-state index in [2.05, 4.69) is 4.98 Å². The van der Waals surface area contributed by atoms with Crippen molar-refractivity contribution in [3.63, 3.8) is 0 Å². The average molecular weight is 358 g/mol. The number of ether oxygens (including phenoxy) is 4. The van der Waals surface area contributed by atoms with E-state index in [0.29, 0.717) is 37.9 Å². The molecule has 0 spiro atoms. The fourth-order valence-electron chi connectivity index (χ4n) is 2.62. The van der Waals surface area contributed by atoms with Gasteiger partial charge in [0.15, 0.2) is 11.5 Å². The van der Waals surface area contributed by atoms with Gasteiger partial charge in [-0.2, -0.15) is 0 Å². The van der Waals surface area contributed by atoms with Gasteiger partial charge in [0.2, 0.25) is 5.88 Å². The van der Waals surface area contributed by atoms with E-state index < -0.39 is 6.09 Å². The highest BCUT2D eigenvalue weighted by atomic mass is 16.6. The number of amides is 1. The van der Waals surface area contributed by atoms with E-state index in [9.17, 15) is 4.79 Å². The van der Waals surface area contributed by atoms with Crippen LogP contribution in [0.4, 0.5) is 4.79 Å². The van der Waals surface area contributed by atoms with Gasteiger partial charge < -0.3 is 18.9 Å². The summed E-state index contributed by atoms with van der Waals surface area (Å²) in [6.45, 7) is 4.03. The van der Waals surface area contributed by atoms with E-state index in [1.54, 1.807) is 29.3 Å². The molecule has 2 aromatic rings. The lowest BCUT2D eigenvalue weighted by atomic mass is 10.2. The Balaban J connectivity index is 1.63. The van der Waals surface area contributed by atoms with Crippen molar-refractivity contribution < 1.29 is 23.7 Å². The van der Waals surface area contributed by atoms with Crippen LogP contribution in [-0.4, -0.2) is 55.0 Å². The van der Waals surface area contributed by atoms with E-state index in [-0.39, 0.29) is 18.5 Å². The fourth-order valence-corrected chi connectivity index (χ4v) is 2.62. The molecule has 0 bridgehead atoms. The molecule has 26 heavy (non-hydrogen) atoms. The number of carbonyl (C=O) groups excluding carboxylic acids is 1. The number of rotatable bonds is 6. The SMILES string of the molecule is CCOc1ccccc1OCC1COCCN1C(=O)Oc1ccccn1. The van der Waals surface area contributed by atoms with Gasteiger partial charge in [0.05, 0.1) is 25.9 Å². The number of aromatic nitrogens is 1. The van der Waals surface area contributed by atoms with Crippen LogP contribution in [0.15, 0.2) is 48.7 Å². The Morgan fingerprint density at radius 2 is 1.96 bits per heavy atom. The van der Waals surface area contributed by atoms with Crippen LogP contribution in [0.2, 0.25) is 0 Å². The minimum absolute atomic E-state index is 0.255. The summed E-state index contributed by atoms with van der Waals surface area (Å²) < 4.78 is 22.3. The Bertz CT molecular complexity index is 710. The maximum Gasteiger partial charge on any atom is 0.417 e. The number of hydrogen-bond donors (Lipinski definition) is 0. The maximum absolute atomic E-state index is 12.5. The third-order valence-corrected chi connectivity index (χ3v) is 3.87. The molecule has 1 aliphatic rings. The Kier molecular flexibility index (Phi) is 6.27. The van der Waals surface area contributed by atoms with Crippen LogP contribution in [0.5, 0.6) is 17.4 Å². The van der Waals surface area contributed by atoms with Crippen LogP contribution in [-0.2, 0) is 4.74 Å². The molecule has 1 atom stereocenters. The Hall–Kier alpha value is -2.80. The summed E-state index contributed by atoms with van der Waals surface area (Å²) in [5.41, 5.74) is 0. The predicted octanol–water partition coefficient (Wildman–Crippen LogP) is 2.76. The van der Waals surface area contributed by atoms with E-state index in [1.807, 2.05) is 31.2 Å². The van der Waals surface area contributed by atoms with E-state index in [0.717, 1.165) is 0 Å². The summed E-state index contributed by atoms with van der Waals surface area (Å²) in [6.07, 6.45) is 1.12. The summed E-state index contributed by atoms with van der Waals surface area (Å²) >= 11 is 0. The van der Waals surface area contributed by atoms with Crippen molar-refractivity contribution in [1.82, 2.24) is 9.88 Å². The second kappa shape index (κ2) is 9.05. The summed E-state index contributed by atoms with van der Waals surface area (Å²) in [6, 6.07) is 12.4. The van der Waals surface area contributed by atoms with Crippen molar-refractivity contribution in [2.45, 2.75) is 13.0 Å². The Labute approximate surface area is 152 Å². The number of morpholine rings is 1. The van der Waals surface area contributed by atoms with Gasteiger partial charge in [-0.25, -0.2) is 9.78 Å². The van der Waals surface area contributed by atoms with Crippen LogP contribution in [0.3, 0.4) is 0 Å². The minimum Gasteiger partial charge on any atom is -0.490 e. The fraction of sp³-hybridized carbons (Fsp3) is 0.368. The zero-order valence-electron chi connectivity index (χ0n) is 14.7. The van der Waals surface area contributed by atoms with Crippen LogP contribution in [0, 0.1) is 0 Å². The standard InChI is InChI=1S/C19H22N2O5/c1-2-24-16-7-3-4-8-17(16)25-14-15-13-23-12-11-21(15)19(22)26-18-9-5-6-10-20-18/h3-10,15H,2,11-14H2,1H3. The molecule has 1 aromatic heterocycles. The highest BCUT2D eigenvalue weighted by Gasteiger charge is 2.30. The number of carbonyl (C=O) groups is 1. The summed E-state index contributed by atoms with van der Waals surface area (Å²) in [5.74, 6) is 1.58. The molecule has 0 radical (unpaired) electrons. The molecule has 1 aromatic carbocycles. The number of benzene rings is 1. The van der Waals surface area contributed by atoms with Gasteiger partial charge in [-0.1, -0.05) is 18.2 Å². The summed E-state index contributed by atoms with van der Waals surface area (Å²) in [5, 5.41) is 0. The molecule has 7 heteroatoms. The second-order valence-electron chi connectivity index (χ2n) is 5.65. The average Bonchev–Trinajstić information content (AvgIpc) is 2.68. The highest BCUT2D eigenvalue weighted by molar-refractivity contribution is 5.70. The van der Waals surface area contributed by atoms with E-state index >= 15 is 0 Å². The molecule has 1 saturated heterocycles. The molecule has 1 fully saturated rings. The summed E-state index contributed by atoms with van der Waals surface area (Å²) in [4.78, 5) is 18.1. The van der Waals surface area contributed by atoms with E-state index in [1.165, 1.54) is 0 Å². The zero-order valence-corrected chi connectivity index (χ0v) is 14.7. The molecule has 3 rings (SSSR count). The normalized spacial score (nSPS) is 16.8. The first-order valence-corrected chi connectivity index (χ1v) is 8.59. The Morgan fingerprint density at radius 1 is 1.19 bits per heavy atom. The van der Waals surface area contributed by atoms with Crippen molar-refractivity contribution >= 4 is 6.09 Å². The maximum atomic E-state index is 12.5. The first kappa shape index (κ1) is 18.0. The van der Waals surface area contributed by atoms with Gasteiger partial charge in [0, 0.05) is 18.8 Å². The lowest BCUT2D eigenvalue weighted by molar-refractivity contribution is -0.0134. The first-order chi connectivity index (χ1) is 12.8. The molecule has 0 aliphatic carbocycles. The number of nitrogens with zero attached hydrogens (tertiary/aromatic N) is 2. The molecule has 0 saturated carbocycles. The molecule has 1 aliphatic heterocycles. The quantitative estimate of drug-likeness (QED) is 0.791. The van der Waals surface area contributed by atoms with Crippen LogP contribution in [0.1, 0.15) is 6.92 Å². The van der Waals surface area contributed by atoms with Crippen molar-refractivity contribution in [2.75, 3.05) is 33.0 Å². The van der Waals surface area contributed by atoms with Gasteiger partial charge in [-0.15, -0.1) is 0 Å². The molecule has 1 unspecified atom stereocenters. The number of pyridine rings is 1. The van der Waals surface area contributed by atoms with Gasteiger partial charge in [0.1, 0.15) is 6.61 Å². The van der Waals surface area contributed by atoms with Gasteiger partial charge in [-0.3, -0.25) is 4.90 Å². The van der Waals surface area contributed by atoms with Gasteiger partial charge in [0.25, 0.3) is 0 Å². The lowest BCUT2D eigenvalue weighted by Gasteiger charge is -2.34. The van der Waals surface area contributed by atoms with Gasteiger partial charge >= 0.3 is 6.09 Å². The predicted molar refractivity (Wildman–Crippen MR) is 94.7 cm³/mol. The van der Waals surface area contributed by atoms with Crippen LogP contribution in [0.25, 0.3) is 0 Å². The molecule has 138 valence electrons. The summed E-state index contributed by atoms with van der Waals surface area (Å²) in [7, 11) is 0. The molecule has 1 amide bonds. The third kappa shape index (κ3) is 4.64. The van der Waals surface area contributed by atoms with Crippen molar-refractivity contribution in [3.05, 3.63) is 48.7 Å². The molecule has 2 heterocycles. The largest absolute Gasteiger partial charge is 0.490 e. The highest BCUT2D eigenvalue weighted by Crippen LogP contribution is 2.27. The van der Waals surface area contributed by atoms with E-state index in [4.69, 9.17) is 18.9 Å². The van der Waals surface area contributed by atoms with Crippen LogP contribution < -0.4 is 14.2 Å². The van der Waals surface area contributed by atoms with Crippen molar-refractivity contribution in [2.24, 2.45) is 0 Å². The second-order valence-corrected chi connectivity index (χ2v) is 5.65. The zero-order chi connectivity index (χ0) is 18.2. The molecular weight excluding hydrogens is 336 g/mol. The van der Waals surface area contributed by atoms with Gasteiger partial charge in [-0.05, 0) is 25.1 Å². The number of para-hydroxylation sites is 2. The smallest absolute Gasteiger partial charge is 0.417 e. The minimum atomic E-state index is -0.460. The molecule has 0 N–H and O–H groups in total. The number of hydrogen-bond acceptors (Lipinski definition) is 6. The van der Waals surface area contributed by atoms with Crippen molar-refractivity contribution in [3.8, 4) is 17.4 Å². The topological polar surface area (TPSA) is 70.1 Å². The van der Waals surface area contributed by atoms with Crippen LogP contribution >= 0.6 is 0 Å². The Morgan fingerprint density at radius 3 is 2.69 bits per heavy atom. The molecule has 7 nitrogen and oxygen atoms in total. The first-order valence-electron chi connectivity index (χ1n) is 8.59. The lowest BCUT2D eigenvalue weighted by Crippen LogP contribution is -2.52. The molecular formula is C19H22N2O5. The third-order valence-electron chi connectivity index (χ3n) is 3.87. The monoisotopic (exact) mass is 358 g/mol.